The molecule has 0 aliphatic carbocycles. The number of Topliss-reactive ketones (excluding diaryl/α,β-unsaturated/α-hetero) is 1. The van der Waals surface area contributed by atoms with Crippen molar-refractivity contribution in [1.82, 2.24) is 4.57 Å². The molecule has 5 heteroatoms. The summed E-state index contributed by atoms with van der Waals surface area (Å²) in [5, 5.41) is 0. The predicted molar refractivity (Wildman–Crippen MR) is 69.3 cm³/mol. The maximum absolute atomic E-state index is 13.0. The third-order valence-corrected chi connectivity index (χ3v) is 3.06. The first-order valence-corrected chi connectivity index (χ1v) is 6.08. The lowest BCUT2D eigenvalue weighted by molar-refractivity contribution is 0.0920. The number of aromatic nitrogens is 1. The number of ketones is 1. The Morgan fingerprint density at radius 2 is 2.22 bits per heavy atom. The highest BCUT2D eigenvalue weighted by Gasteiger charge is 2.10. The van der Waals surface area contributed by atoms with Crippen molar-refractivity contribution < 1.29 is 13.9 Å². The molecule has 3 nitrogen and oxygen atoms in total. The predicted octanol–water partition coefficient (Wildman–Crippen LogP) is 3.19. The van der Waals surface area contributed by atoms with Gasteiger partial charge in [0.05, 0.1) is 4.47 Å². The van der Waals surface area contributed by atoms with Crippen molar-refractivity contribution in [3.05, 3.63) is 52.5 Å². The molecule has 18 heavy (non-hydrogen) atoms. The number of nitrogens with zero attached hydrogens (tertiary/aromatic N) is 1. The van der Waals surface area contributed by atoms with Crippen LogP contribution in [-0.2, 0) is 7.05 Å². The summed E-state index contributed by atoms with van der Waals surface area (Å²) in [4.78, 5) is 11.8. The molecule has 0 N–H and O–H groups in total. The zero-order chi connectivity index (χ0) is 13.1. The van der Waals surface area contributed by atoms with Gasteiger partial charge in [0.1, 0.15) is 11.6 Å². The number of carbonyl (C=O) groups excluding carboxylic acids is 1. The summed E-state index contributed by atoms with van der Waals surface area (Å²) in [5.41, 5.74) is 0.574. The zero-order valence-electron chi connectivity index (χ0n) is 9.69. The second kappa shape index (κ2) is 5.35. The average molecular weight is 312 g/mol. The van der Waals surface area contributed by atoms with E-state index in [1.54, 1.807) is 23.0 Å². The minimum Gasteiger partial charge on any atom is -0.484 e. The van der Waals surface area contributed by atoms with Gasteiger partial charge in [-0.25, -0.2) is 4.39 Å². The van der Waals surface area contributed by atoms with Gasteiger partial charge in [-0.1, -0.05) is 0 Å². The van der Waals surface area contributed by atoms with Crippen LogP contribution in [0.2, 0.25) is 0 Å². The average Bonchev–Trinajstić information content (AvgIpc) is 2.77. The number of rotatable bonds is 4. The molecule has 1 aromatic heterocycles. The van der Waals surface area contributed by atoms with Crippen LogP contribution in [0, 0.1) is 5.82 Å². The van der Waals surface area contributed by atoms with Crippen LogP contribution >= 0.6 is 15.9 Å². The molecule has 0 atom stereocenters. The molecule has 1 aromatic carbocycles. The molecule has 0 aliphatic heterocycles. The van der Waals surface area contributed by atoms with Crippen LogP contribution in [-0.4, -0.2) is 17.0 Å². The Bertz CT molecular complexity index is 580. The van der Waals surface area contributed by atoms with E-state index in [2.05, 4.69) is 15.9 Å². The molecule has 0 spiro atoms. The first-order valence-electron chi connectivity index (χ1n) is 5.29. The molecule has 2 aromatic rings. The topological polar surface area (TPSA) is 31.2 Å². The van der Waals surface area contributed by atoms with Gasteiger partial charge in [-0.3, -0.25) is 4.79 Å². The lowest BCUT2D eigenvalue weighted by Crippen LogP contribution is -2.11. The van der Waals surface area contributed by atoms with E-state index in [1.165, 1.54) is 18.2 Å². The van der Waals surface area contributed by atoms with Gasteiger partial charge in [0.25, 0.3) is 0 Å². The van der Waals surface area contributed by atoms with E-state index in [-0.39, 0.29) is 12.4 Å². The normalized spacial score (nSPS) is 10.4. The molecule has 0 radical (unpaired) electrons. The van der Waals surface area contributed by atoms with Gasteiger partial charge >= 0.3 is 0 Å². The van der Waals surface area contributed by atoms with Gasteiger partial charge in [0, 0.05) is 31.1 Å². The van der Waals surface area contributed by atoms with E-state index in [0.717, 1.165) is 0 Å². The van der Waals surface area contributed by atoms with Crippen molar-refractivity contribution in [2.45, 2.75) is 0 Å². The van der Waals surface area contributed by atoms with Gasteiger partial charge in [-0.15, -0.1) is 0 Å². The van der Waals surface area contributed by atoms with Gasteiger partial charge in [-0.2, -0.15) is 0 Å². The Kier molecular flexibility index (Phi) is 3.81. The van der Waals surface area contributed by atoms with Crippen molar-refractivity contribution in [3.63, 3.8) is 0 Å². The highest BCUT2D eigenvalue weighted by atomic mass is 79.9. The fourth-order valence-electron chi connectivity index (χ4n) is 1.48. The molecule has 0 aliphatic rings. The smallest absolute Gasteiger partial charge is 0.201 e. The molecular formula is C13H11BrFNO2. The Morgan fingerprint density at radius 1 is 1.44 bits per heavy atom. The van der Waals surface area contributed by atoms with Gasteiger partial charge in [0.2, 0.25) is 5.78 Å². The standard InChI is InChI=1S/C13H11BrFNO2/c1-16-5-4-9(7-16)12(17)8-18-13-6-10(15)2-3-11(13)14/h2-7H,8H2,1H3. The highest BCUT2D eigenvalue weighted by molar-refractivity contribution is 9.10. The van der Waals surface area contributed by atoms with E-state index in [1.807, 2.05) is 7.05 Å². The molecule has 1 heterocycles. The minimum absolute atomic E-state index is 0.119. The third kappa shape index (κ3) is 2.98. The minimum atomic E-state index is -0.402. The first-order chi connectivity index (χ1) is 8.56. The third-order valence-electron chi connectivity index (χ3n) is 2.41. The van der Waals surface area contributed by atoms with Crippen LogP contribution in [0.25, 0.3) is 0 Å². The monoisotopic (exact) mass is 311 g/mol. The van der Waals surface area contributed by atoms with Crippen LogP contribution in [0.15, 0.2) is 41.1 Å². The largest absolute Gasteiger partial charge is 0.484 e. The lowest BCUT2D eigenvalue weighted by Gasteiger charge is -2.06. The molecular weight excluding hydrogens is 301 g/mol. The second-order valence-electron chi connectivity index (χ2n) is 3.85. The van der Waals surface area contributed by atoms with Crippen molar-refractivity contribution in [3.8, 4) is 5.75 Å². The van der Waals surface area contributed by atoms with Crippen molar-refractivity contribution in [2.24, 2.45) is 7.05 Å². The van der Waals surface area contributed by atoms with Crippen LogP contribution in [0.4, 0.5) is 4.39 Å². The summed E-state index contributed by atoms with van der Waals surface area (Å²) in [7, 11) is 1.83. The summed E-state index contributed by atoms with van der Waals surface area (Å²) in [6.07, 6.45) is 3.50. The Morgan fingerprint density at radius 3 is 2.89 bits per heavy atom. The fourth-order valence-corrected chi connectivity index (χ4v) is 1.84. The fraction of sp³-hybridized carbons (Fsp3) is 0.154. The Balaban J connectivity index is 2.03. The number of benzene rings is 1. The number of carbonyl (C=O) groups is 1. The molecule has 2 rings (SSSR count). The molecule has 0 unspecified atom stereocenters. The number of hydrogen-bond donors (Lipinski definition) is 0. The Hall–Kier alpha value is -1.62. The van der Waals surface area contributed by atoms with E-state index in [0.29, 0.717) is 15.8 Å². The number of ether oxygens (including phenoxy) is 1. The van der Waals surface area contributed by atoms with Crippen LogP contribution in [0.1, 0.15) is 10.4 Å². The van der Waals surface area contributed by atoms with Crippen LogP contribution in [0.5, 0.6) is 5.75 Å². The van der Waals surface area contributed by atoms with Crippen molar-refractivity contribution in [1.29, 1.82) is 0 Å². The van der Waals surface area contributed by atoms with Crippen molar-refractivity contribution in [2.75, 3.05) is 6.61 Å². The van der Waals surface area contributed by atoms with E-state index < -0.39 is 5.82 Å². The quantitative estimate of drug-likeness (QED) is 0.812. The van der Waals surface area contributed by atoms with Gasteiger partial charge < -0.3 is 9.30 Å². The maximum atomic E-state index is 13.0. The Labute approximate surface area is 112 Å². The van der Waals surface area contributed by atoms with Gasteiger partial charge in [-0.05, 0) is 34.1 Å². The summed E-state index contributed by atoms with van der Waals surface area (Å²) < 4.78 is 20.7. The van der Waals surface area contributed by atoms with Crippen molar-refractivity contribution >= 4 is 21.7 Å². The van der Waals surface area contributed by atoms with E-state index in [4.69, 9.17) is 4.74 Å². The highest BCUT2D eigenvalue weighted by Crippen LogP contribution is 2.25. The van der Waals surface area contributed by atoms with Crippen LogP contribution < -0.4 is 4.74 Å². The number of aryl methyl sites for hydroxylation is 1. The first kappa shape index (κ1) is 12.8. The molecule has 0 saturated carbocycles. The molecule has 94 valence electrons. The van der Waals surface area contributed by atoms with Crippen LogP contribution in [0.3, 0.4) is 0 Å². The summed E-state index contributed by atoms with van der Waals surface area (Å²) in [6.45, 7) is -0.119. The van der Waals surface area contributed by atoms with E-state index in [9.17, 15) is 9.18 Å². The number of hydrogen-bond acceptors (Lipinski definition) is 2. The zero-order valence-corrected chi connectivity index (χ0v) is 11.3. The maximum Gasteiger partial charge on any atom is 0.201 e. The number of halogens is 2. The SMILES string of the molecule is Cn1ccc(C(=O)COc2cc(F)ccc2Br)c1. The lowest BCUT2D eigenvalue weighted by atomic mass is 10.2. The molecule has 0 amide bonds. The molecule has 0 bridgehead atoms. The molecule has 0 fully saturated rings. The second-order valence-corrected chi connectivity index (χ2v) is 4.71. The molecule has 0 saturated heterocycles. The van der Waals surface area contributed by atoms with E-state index >= 15 is 0 Å². The van der Waals surface area contributed by atoms with Gasteiger partial charge in [0.15, 0.2) is 6.61 Å². The summed E-state index contributed by atoms with van der Waals surface area (Å²) in [6, 6.07) is 5.81. The summed E-state index contributed by atoms with van der Waals surface area (Å²) >= 11 is 3.23. The summed E-state index contributed by atoms with van der Waals surface area (Å²) in [5.74, 6) is -0.230.